The van der Waals surface area contributed by atoms with Crippen molar-refractivity contribution in [1.29, 1.82) is 0 Å². The third-order valence-electron chi connectivity index (χ3n) is 15.9. The second-order valence-corrected chi connectivity index (χ2v) is 22.0. The standard InChI is InChI=1S/C58H87N3O14/c1-35-32-42(29-31-61-30-19-24-40-21-17-18-25-44(40)61)53(54(67-10)45(62)33-47(63)68-36(2)20-13-11-16-26-46(35)72-48-28-27-43(59-7)37(3)69-48)74-57-51(64)50(60(8)9)52(38(4)71-57)73-49-34-58(6,66)55(39(5)70-49)75-56(65)41-22-14-12-15-23-41/h11-18,21-23,25-26,35-39,42-43,45-46,48-55,57,59,62,64,66H,19-20,24,27-34H2,1-10H3/b13-11+,26-16+/t35-,36-,37-,38-,39+,42+,43+,45-,46+,48+,49+,50-,51-,52-,53+,54+,55+,57+,58-/m1/s1. The van der Waals surface area contributed by atoms with E-state index in [-0.39, 0.29) is 36.8 Å². The lowest BCUT2D eigenvalue weighted by molar-refractivity contribution is -0.343. The lowest BCUT2D eigenvalue weighted by Crippen LogP contribution is -2.66. The van der Waals surface area contributed by atoms with E-state index in [0.717, 1.165) is 32.2 Å². The third-order valence-corrected chi connectivity index (χ3v) is 15.9. The summed E-state index contributed by atoms with van der Waals surface area (Å²) in [5, 5.41) is 39.9. The van der Waals surface area contributed by atoms with Crippen molar-refractivity contribution in [1.82, 2.24) is 10.2 Å². The smallest absolute Gasteiger partial charge is 0.338 e. The molecule has 75 heavy (non-hydrogen) atoms. The Bertz CT molecular complexity index is 2160. The summed E-state index contributed by atoms with van der Waals surface area (Å²) in [7, 11) is 7.11. The van der Waals surface area contributed by atoms with Crippen LogP contribution >= 0.6 is 0 Å². The molecule has 0 amide bonds. The summed E-state index contributed by atoms with van der Waals surface area (Å²) < 4.78 is 58.1. The zero-order valence-electron chi connectivity index (χ0n) is 45.9. The first-order chi connectivity index (χ1) is 35.9. The maximum Gasteiger partial charge on any atom is 0.338 e. The Hall–Kier alpha value is -3.82. The van der Waals surface area contributed by atoms with Crippen molar-refractivity contribution in [2.45, 2.75) is 203 Å². The number of hydrogen-bond donors (Lipinski definition) is 4. The molecular formula is C58H87N3O14. The molecule has 5 heterocycles. The number of para-hydroxylation sites is 1. The van der Waals surface area contributed by atoms with Crippen LogP contribution in [0.1, 0.15) is 109 Å². The van der Waals surface area contributed by atoms with Gasteiger partial charge >= 0.3 is 11.9 Å². The Balaban J connectivity index is 1.18. The topological polar surface area (TPSA) is 196 Å². The highest BCUT2D eigenvalue weighted by Gasteiger charge is 2.53. The van der Waals surface area contributed by atoms with Crippen LogP contribution in [0, 0.1) is 11.8 Å². The van der Waals surface area contributed by atoms with Crippen LogP contribution in [0.5, 0.6) is 0 Å². The molecule has 3 saturated heterocycles. The van der Waals surface area contributed by atoms with Gasteiger partial charge in [0.05, 0.1) is 54.6 Å². The number of benzene rings is 2. The number of hydrogen-bond acceptors (Lipinski definition) is 17. The maximum atomic E-state index is 13.5. The monoisotopic (exact) mass is 1050 g/mol. The van der Waals surface area contributed by atoms with Gasteiger partial charge < -0.3 is 73.1 Å². The van der Waals surface area contributed by atoms with Gasteiger partial charge in [0.15, 0.2) is 25.0 Å². The number of aryl methyl sites for hydroxylation is 1. The molecule has 0 radical (unpaired) electrons. The molecule has 17 nitrogen and oxygen atoms in total. The van der Waals surface area contributed by atoms with E-state index in [0.29, 0.717) is 31.4 Å². The van der Waals surface area contributed by atoms with E-state index in [1.165, 1.54) is 18.4 Å². The molecule has 0 aromatic heterocycles. The molecule has 5 aliphatic rings. The summed E-state index contributed by atoms with van der Waals surface area (Å²) in [5.41, 5.74) is 1.29. The predicted molar refractivity (Wildman–Crippen MR) is 283 cm³/mol. The highest BCUT2D eigenvalue weighted by molar-refractivity contribution is 5.89. The maximum absolute atomic E-state index is 13.5. The largest absolute Gasteiger partial charge is 0.462 e. The van der Waals surface area contributed by atoms with Crippen molar-refractivity contribution in [3.63, 3.8) is 0 Å². The summed E-state index contributed by atoms with van der Waals surface area (Å²) in [6.45, 7) is 12.7. The number of nitrogens with one attached hydrogen (secondary N) is 1. The quantitative estimate of drug-likeness (QED) is 0.158. The molecule has 0 unspecified atom stereocenters. The van der Waals surface area contributed by atoms with Crippen molar-refractivity contribution < 1.29 is 67.5 Å². The van der Waals surface area contributed by atoms with E-state index in [1.54, 1.807) is 44.2 Å². The number of ether oxygens (including phenoxy) is 9. The number of rotatable bonds is 14. The van der Waals surface area contributed by atoms with Crippen molar-refractivity contribution in [3.05, 3.63) is 90.0 Å². The highest BCUT2D eigenvalue weighted by atomic mass is 16.7. The van der Waals surface area contributed by atoms with Crippen molar-refractivity contribution >= 4 is 17.6 Å². The van der Waals surface area contributed by atoms with E-state index >= 15 is 0 Å². The molecule has 5 aliphatic heterocycles. The molecule has 3 fully saturated rings. The van der Waals surface area contributed by atoms with Crippen LogP contribution in [0.3, 0.4) is 0 Å². The molecule has 4 N–H and O–H groups in total. The number of anilines is 1. The number of nitrogens with zero attached hydrogens (tertiary/aromatic N) is 2. The molecule has 2 aromatic carbocycles. The summed E-state index contributed by atoms with van der Waals surface area (Å²) in [6.07, 6.45) is 1.15. The molecule has 19 atom stereocenters. The summed E-state index contributed by atoms with van der Waals surface area (Å²) in [5.74, 6) is -1.66. The van der Waals surface area contributed by atoms with Gasteiger partial charge in [-0.1, -0.05) is 67.6 Å². The van der Waals surface area contributed by atoms with Gasteiger partial charge in [-0.3, -0.25) is 4.79 Å². The van der Waals surface area contributed by atoms with E-state index in [1.807, 2.05) is 58.1 Å². The predicted octanol–water partition coefficient (Wildman–Crippen LogP) is 6.10. The molecule has 7 rings (SSSR count). The van der Waals surface area contributed by atoms with E-state index in [9.17, 15) is 24.9 Å². The minimum Gasteiger partial charge on any atom is -0.462 e. The molecule has 17 heteroatoms. The number of aliphatic hydroxyl groups excluding tert-OH is 2. The lowest BCUT2D eigenvalue weighted by Gasteiger charge is -2.50. The fraction of sp³-hybridized carbons (Fsp3) is 0.690. The van der Waals surface area contributed by atoms with Crippen molar-refractivity contribution in [2.24, 2.45) is 11.8 Å². The lowest BCUT2D eigenvalue weighted by atomic mass is 9.81. The van der Waals surface area contributed by atoms with Crippen LogP contribution in [0.2, 0.25) is 0 Å². The molecule has 0 saturated carbocycles. The van der Waals surface area contributed by atoms with Gasteiger partial charge in [0, 0.05) is 44.8 Å². The summed E-state index contributed by atoms with van der Waals surface area (Å²) in [4.78, 5) is 30.9. The number of aliphatic hydroxyl groups is 3. The first kappa shape index (κ1) is 58.9. The molecule has 418 valence electrons. The van der Waals surface area contributed by atoms with Gasteiger partial charge in [-0.2, -0.15) is 0 Å². The number of allylic oxidation sites excluding steroid dienone is 2. The van der Waals surface area contributed by atoms with Crippen LogP contribution in [0.15, 0.2) is 78.9 Å². The van der Waals surface area contributed by atoms with Gasteiger partial charge in [0.2, 0.25) is 0 Å². The van der Waals surface area contributed by atoms with Crippen LogP contribution in [0.25, 0.3) is 0 Å². The first-order valence-electron chi connectivity index (χ1n) is 27.4. The zero-order chi connectivity index (χ0) is 54.0. The van der Waals surface area contributed by atoms with E-state index in [2.05, 4.69) is 54.4 Å². The molecular weight excluding hydrogens is 963 g/mol. The van der Waals surface area contributed by atoms with E-state index < -0.39 is 103 Å². The minimum atomic E-state index is -1.54. The van der Waals surface area contributed by atoms with Crippen LogP contribution in [0.4, 0.5) is 5.69 Å². The Labute approximate surface area is 445 Å². The number of cyclic esters (lactones) is 1. The molecule has 0 spiro atoms. The average Bonchev–Trinajstić information content (AvgIpc) is 3.37. The van der Waals surface area contributed by atoms with E-state index in [4.69, 9.17) is 42.6 Å². The van der Waals surface area contributed by atoms with Gasteiger partial charge in [-0.25, -0.2) is 4.79 Å². The van der Waals surface area contributed by atoms with Gasteiger partial charge in [-0.05, 0) is 130 Å². The summed E-state index contributed by atoms with van der Waals surface area (Å²) in [6, 6.07) is 16.6. The van der Waals surface area contributed by atoms with Crippen molar-refractivity contribution in [3.8, 4) is 0 Å². The van der Waals surface area contributed by atoms with Crippen LogP contribution in [-0.2, 0) is 53.8 Å². The number of carbonyl (C=O) groups is 2. The number of esters is 2. The number of carbonyl (C=O) groups excluding carboxylic acids is 2. The number of methoxy groups -OCH3 is 1. The second-order valence-electron chi connectivity index (χ2n) is 22.0. The average molecular weight is 1050 g/mol. The van der Waals surface area contributed by atoms with Gasteiger partial charge in [0.1, 0.15) is 30.0 Å². The third kappa shape index (κ3) is 15.3. The molecule has 0 aliphatic carbocycles. The SMILES string of the molecule is CN[C@H]1CC[C@H](O[C@H]2/C=C/C=C/C[C@@H](C)OC(=O)C[C@@H](O)[C@H](OC)[C@@H](O[C@@H]3O[C@H](C)[C@@H](O[C@H]4C[C@@](C)(O)[C@@H](OC(=O)c5ccccc5)[C@H](C)O4)[C@H](N(C)C)[C@H]3O)[C@@H](CCN3CCCc4ccccc43)C[C@H]2C)O[C@@H]1C. The van der Waals surface area contributed by atoms with Gasteiger partial charge in [-0.15, -0.1) is 0 Å². The zero-order valence-corrected chi connectivity index (χ0v) is 45.9. The fourth-order valence-electron chi connectivity index (χ4n) is 11.9. The highest BCUT2D eigenvalue weighted by Crippen LogP contribution is 2.39. The number of likely N-dealkylation sites (N-methyl/N-ethyl adjacent to an activating group) is 2. The Morgan fingerprint density at radius 2 is 1.61 bits per heavy atom. The first-order valence-corrected chi connectivity index (χ1v) is 27.4. The normalized spacial score (nSPS) is 39.3. The summed E-state index contributed by atoms with van der Waals surface area (Å²) >= 11 is 0. The number of fused-ring (bicyclic) bond motifs is 1. The fourth-order valence-corrected chi connectivity index (χ4v) is 11.9. The Kier molecular flexibility index (Phi) is 21.3. The van der Waals surface area contributed by atoms with Crippen molar-refractivity contribution in [2.75, 3.05) is 46.2 Å². The Morgan fingerprint density at radius 3 is 2.32 bits per heavy atom. The molecule has 0 bridgehead atoms. The molecule has 2 aromatic rings. The Morgan fingerprint density at radius 1 is 0.880 bits per heavy atom. The second kappa shape index (κ2) is 27.2. The minimum absolute atomic E-state index is 0.0416. The van der Waals surface area contributed by atoms with Crippen LogP contribution < -0.4 is 10.2 Å². The van der Waals surface area contributed by atoms with Gasteiger partial charge in [0.25, 0.3) is 0 Å². The van der Waals surface area contributed by atoms with Crippen LogP contribution in [-0.4, -0.2) is 177 Å².